The third kappa shape index (κ3) is 3.41. The molecular formula is C14H19Cl2NO2. The third-order valence-electron chi connectivity index (χ3n) is 3.46. The second kappa shape index (κ2) is 6.12. The molecule has 0 fully saturated rings. The molecule has 0 aliphatic heterocycles. The van der Waals surface area contributed by atoms with E-state index in [2.05, 4.69) is 0 Å². The molecule has 1 rings (SSSR count). The Hall–Kier alpha value is -0.770. The van der Waals surface area contributed by atoms with Crippen molar-refractivity contribution in [1.82, 2.24) is 4.90 Å². The lowest BCUT2D eigenvalue weighted by atomic mass is 9.97. The first-order valence-electron chi connectivity index (χ1n) is 6.16. The standard InChI is InChI=1S/C14H19Cl2NO2/c1-5-17(14(3,4)13(18)19)9(2)11-7-6-10(15)8-12(11)16/h6-9H,5H2,1-4H3,(H,18,19). The summed E-state index contributed by atoms with van der Waals surface area (Å²) in [4.78, 5) is 13.3. The molecule has 0 aliphatic carbocycles. The largest absolute Gasteiger partial charge is 0.480 e. The highest BCUT2D eigenvalue weighted by molar-refractivity contribution is 6.35. The number of rotatable bonds is 5. The number of nitrogens with zero attached hydrogens (tertiary/aromatic N) is 1. The van der Waals surface area contributed by atoms with E-state index in [-0.39, 0.29) is 6.04 Å². The number of hydrogen-bond donors (Lipinski definition) is 1. The second-order valence-corrected chi connectivity index (χ2v) is 5.84. The molecule has 1 atom stereocenters. The molecule has 0 saturated heterocycles. The van der Waals surface area contributed by atoms with Crippen LogP contribution in [0, 0.1) is 0 Å². The summed E-state index contributed by atoms with van der Waals surface area (Å²) in [5.74, 6) is -0.855. The van der Waals surface area contributed by atoms with Crippen LogP contribution in [0.15, 0.2) is 18.2 Å². The van der Waals surface area contributed by atoms with Crippen LogP contribution >= 0.6 is 23.2 Å². The molecule has 0 bridgehead atoms. The number of likely N-dealkylation sites (N-methyl/N-ethyl adjacent to an activating group) is 1. The fourth-order valence-corrected chi connectivity index (χ4v) is 2.85. The van der Waals surface area contributed by atoms with Crippen molar-refractivity contribution in [3.8, 4) is 0 Å². The average molecular weight is 304 g/mol. The van der Waals surface area contributed by atoms with Gasteiger partial charge in [0, 0.05) is 16.1 Å². The van der Waals surface area contributed by atoms with Crippen molar-refractivity contribution in [2.24, 2.45) is 0 Å². The summed E-state index contributed by atoms with van der Waals surface area (Å²) in [5.41, 5.74) is -0.0841. The Kier molecular flexibility index (Phi) is 5.25. The van der Waals surface area contributed by atoms with E-state index in [1.165, 1.54) is 0 Å². The molecule has 3 nitrogen and oxygen atoms in total. The Balaban J connectivity index is 3.15. The van der Waals surface area contributed by atoms with Crippen LogP contribution in [0.5, 0.6) is 0 Å². The van der Waals surface area contributed by atoms with Gasteiger partial charge in [-0.2, -0.15) is 0 Å². The van der Waals surface area contributed by atoms with E-state index < -0.39 is 11.5 Å². The molecule has 0 aliphatic rings. The van der Waals surface area contributed by atoms with Gasteiger partial charge in [0.05, 0.1) is 0 Å². The van der Waals surface area contributed by atoms with Gasteiger partial charge in [-0.15, -0.1) is 0 Å². The van der Waals surface area contributed by atoms with Gasteiger partial charge in [-0.05, 0) is 45.0 Å². The van der Waals surface area contributed by atoms with Gasteiger partial charge in [0.2, 0.25) is 0 Å². The molecule has 1 aromatic carbocycles. The number of aliphatic carboxylic acids is 1. The minimum absolute atomic E-state index is 0.110. The fourth-order valence-electron chi connectivity index (χ4n) is 2.28. The van der Waals surface area contributed by atoms with Gasteiger partial charge >= 0.3 is 5.97 Å². The van der Waals surface area contributed by atoms with Crippen LogP contribution < -0.4 is 0 Å². The zero-order valence-electron chi connectivity index (χ0n) is 11.6. The maximum Gasteiger partial charge on any atom is 0.323 e. The van der Waals surface area contributed by atoms with Gasteiger partial charge in [0.25, 0.3) is 0 Å². The van der Waals surface area contributed by atoms with Crippen molar-refractivity contribution in [1.29, 1.82) is 0 Å². The van der Waals surface area contributed by atoms with Crippen molar-refractivity contribution >= 4 is 29.2 Å². The molecule has 1 unspecified atom stereocenters. The van der Waals surface area contributed by atoms with Gasteiger partial charge in [-0.3, -0.25) is 9.69 Å². The third-order valence-corrected chi connectivity index (χ3v) is 4.02. The van der Waals surface area contributed by atoms with E-state index in [1.807, 2.05) is 24.8 Å². The minimum atomic E-state index is -0.961. The van der Waals surface area contributed by atoms with Crippen LogP contribution in [0.2, 0.25) is 10.0 Å². The quantitative estimate of drug-likeness (QED) is 0.884. The normalized spacial score (nSPS) is 13.6. The van der Waals surface area contributed by atoms with Crippen molar-refractivity contribution in [3.63, 3.8) is 0 Å². The van der Waals surface area contributed by atoms with E-state index in [4.69, 9.17) is 23.2 Å². The van der Waals surface area contributed by atoms with E-state index in [0.717, 1.165) is 5.56 Å². The summed E-state index contributed by atoms with van der Waals surface area (Å²) in [5, 5.41) is 10.5. The Bertz CT molecular complexity index is 475. The number of carboxylic acids is 1. The minimum Gasteiger partial charge on any atom is -0.480 e. The highest BCUT2D eigenvalue weighted by Gasteiger charge is 2.37. The first-order chi connectivity index (χ1) is 8.71. The first kappa shape index (κ1) is 16.3. The lowest BCUT2D eigenvalue weighted by molar-refractivity contribution is -0.150. The molecule has 0 spiro atoms. The van der Waals surface area contributed by atoms with Crippen molar-refractivity contribution in [3.05, 3.63) is 33.8 Å². The first-order valence-corrected chi connectivity index (χ1v) is 6.92. The Labute approximate surface area is 124 Å². The summed E-state index contributed by atoms with van der Waals surface area (Å²) in [7, 11) is 0. The van der Waals surface area contributed by atoms with Crippen molar-refractivity contribution in [2.75, 3.05) is 6.54 Å². The molecule has 0 heterocycles. The number of carbonyl (C=O) groups is 1. The average Bonchev–Trinajstić information content (AvgIpc) is 2.28. The molecule has 1 N–H and O–H groups in total. The van der Waals surface area contributed by atoms with E-state index in [1.54, 1.807) is 26.0 Å². The monoisotopic (exact) mass is 303 g/mol. The van der Waals surface area contributed by atoms with Crippen molar-refractivity contribution in [2.45, 2.75) is 39.3 Å². The molecule has 5 heteroatoms. The fraction of sp³-hybridized carbons (Fsp3) is 0.500. The second-order valence-electron chi connectivity index (χ2n) is 4.99. The van der Waals surface area contributed by atoms with Gasteiger partial charge in [0.1, 0.15) is 5.54 Å². The predicted octanol–water partition coefficient (Wildman–Crippen LogP) is 4.24. The Morgan fingerprint density at radius 3 is 2.42 bits per heavy atom. The summed E-state index contributed by atoms with van der Waals surface area (Å²) in [6.45, 7) is 7.88. The molecular weight excluding hydrogens is 285 g/mol. The Morgan fingerprint density at radius 2 is 2.00 bits per heavy atom. The van der Waals surface area contributed by atoms with Gasteiger partial charge < -0.3 is 5.11 Å². The van der Waals surface area contributed by atoms with Gasteiger partial charge in [0.15, 0.2) is 0 Å². The topological polar surface area (TPSA) is 40.5 Å². The summed E-state index contributed by atoms with van der Waals surface area (Å²) < 4.78 is 0. The highest BCUT2D eigenvalue weighted by Crippen LogP contribution is 2.33. The molecule has 19 heavy (non-hydrogen) atoms. The SMILES string of the molecule is CCN(C(C)c1ccc(Cl)cc1Cl)C(C)(C)C(=O)O. The van der Waals surface area contributed by atoms with E-state index in [0.29, 0.717) is 16.6 Å². The van der Waals surface area contributed by atoms with Crippen molar-refractivity contribution < 1.29 is 9.90 Å². The smallest absolute Gasteiger partial charge is 0.323 e. The number of hydrogen-bond acceptors (Lipinski definition) is 2. The molecule has 1 aromatic rings. The number of halogens is 2. The van der Waals surface area contributed by atoms with Crippen LogP contribution in [0.25, 0.3) is 0 Å². The highest BCUT2D eigenvalue weighted by atomic mass is 35.5. The molecule has 0 saturated carbocycles. The maximum absolute atomic E-state index is 11.4. The molecule has 0 radical (unpaired) electrons. The predicted molar refractivity (Wildman–Crippen MR) is 79.0 cm³/mol. The number of carboxylic acid groups (broad SMARTS) is 1. The number of benzene rings is 1. The molecule has 0 aromatic heterocycles. The lowest BCUT2D eigenvalue weighted by Gasteiger charge is -2.39. The van der Waals surface area contributed by atoms with E-state index >= 15 is 0 Å². The molecule has 106 valence electrons. The summed E-state index contributed by atoms with van der Waals surface area (Å²) in [6.07, 6.45) is 0. The zero-order valence-corrected chi connectivity index (χ0v) is 13.1. The van der Waals surface area contributed by atoms with Gasteiger partial charge in [-0.25, -0.2) is 0 Å². The van der Waals surface area contributed by atoms with Crippen LogP contribution in [0.1, 0.15) is 39.3 Å². The molecule has 0 amide bonds. The van der Waals surface area contributed by atoms with Gasteiger partial charge in [-0.1, -0.05) is 36.2 Å². The zero-order chi connectivity index (χ0) is 14.8. The maximum atomic E-state index is 11.4. The van der Waals surface area contributed by atoms with Crippen LogP contribution in [0.4, 0.5) is 0 Å². The Morgan fingerprint density at radius 1 is 1.42 bits per heavy atom. The lowest BCUT2D eigenvalue weighted by Crippen LogP contribution is -2.51. The van der Waals surface area contributed by atoms with Crippen LogP contribution in [0.3, 0.4) is 0 Å². The van der Waals surface area contributed by atoms with E-state index in [9.17, 15) is 9.90 Å². The summed E-state index contributed by atoms with van der Waals surface area (Å²) >= 11 is 12.1. The van der Waals surface area contributed by atoms with Crippen LogP contribution in [-0.2, 0) is 4.79 Å². The summed E-state index contributed by atoms with van der Waals surface area (Å²) in [6, 6.07) is 5.17. The van der Waals surface area contributed by atoms with Crippen LogP contribution in [-0.4, -0.2) is 28.1 Å².